The average molecular weight is 276 g/mol. The quantitative estimate of drug-likeness (QED) is 0.860. The highest BCUT2D eigenvalue weighted by Crippen LogP contribution is 2.29. The number of nitrogens with two attached hydrogens (primary N) is 1. The topological polar surface area (TPSA) is 71.2 Å². The van der Waals surface area contributed by atoms with E-state index in [2.05, 4.69) is 29.2 Å². The maximum atomic E-state index is 12.1. The maximum absolute atomic E-state index is 12.1. The Morgan fingerprint density at radius 1 is 1.45 bits per heavy atom. The molecule has 0 bridgehead atoms. The standard InChI is InChI=1S/C15H24N4O/c1-15(5-7-19(2)8-6-15)11-18-14(20)13-4-3-12(9-16)10-17-13/h3-4,10H,5-9,11,16H2,1-2H3,(H,18,20). The molecular weight excluding hydrogens is 252 g/mol. The molecule has 1 aromatic rings. The predicted molar refractivity (Wildman–Crippen MR) is 79.3 cm³/mol. The van der Waals surface area contributed by atoms with Crippen LogP contribution in [0, 0.1) is 5.41 Å². The number of likely N-dealkylation sites (tertiary alicyclic amines) is 1. The van der Waals surface area contributed by atoms with Crippen LogP contribution in [0.3, 0.4) is 0 Å². The first-order valence-electron chi connectivity index (χ1n) is 7.14. The molecule has 1 aromatic heterocycles. The minimum absolute atomic E-state index is 0.103. The van der Waals surface area contributed by atoms with Gasteiger partial charge in [0.05, 0.1) is 0 Å². The molecule has 5 heteroatoms. The Labute approximate surface area is 120 Å². The molecule has 1 saturated heterocycles. The highest BCUT2D eigenvalue weighted by atomic mass is 16.1. The Balaban J connectivity index is 1.88. The van der Waals surface area contributed by atoms with E-state index < -0.39 is 0 Å². The first kappa shape index (κ1) is 14.9. The summed E-state index contributed by atoms with van der Waals surface area (Å²) in [6.07, 6.45) is 3.89. The van der Waals surface area contributed by atoms with E-state index in [1.165, 1.54) is 0 Å². The average Bonchev–Trinajstić information content (AvgIpc) is 2.48. The number of carbonyl (C=O) groups is 1. The smallest absolute Gasteiger partial charge is 0.269 e. The van der Waals surface area contributed by atoms with E-state index >= 15 is 0 Å². The lowest BCUT2D eigenvalue weighted by Gasteiger charge is -2.37. The van der Waals surface area contributed by atoms with Crippen molar-refractivity contribution in [1.82, 2.24) is 15.2 Å². The molecule has 0 radical (unpaired) electrons. The lowest BCUT2D eigenvalue weighted by atomic mass is 9.80. The number of hydrogen-bond acceptors (Lipinski definition) is 4. The summed E-state index contributed by atoms with van der Waals surface area (Å²) in [5.41, 5.74) is 7.10. The second-order valence-corrected chi connectivity index (χ2v) is 6.05. The van der Waals surface area contributed by atoms with Gasteiger partial charge in [-0.05, 0) is 50.0 Å². The molecular formula is C15H24N4O. The third-order valence-electron chi connectivity index (χ3n) is 4.16. The fourth-order valence-corrected chi connectivity index (χ4v) is 2.40. The second-order valence-electron chi connectivity index (χ2n) is 6.05. The Hall–Kier alpha value is -1.46. The largest absolute Gasteiger partial charge is 0.350 e. The van der Waals surface area contributed by atoms with E-state index in [0.717, 1.165) is 31.5 Å². The lowest BCUT2D eigenvalue weighted by Crippen LogP contribution is -2.43. The van der Waals surface area contributed by atoms with Gasteiger partial charge in [0.25, 0.3) is 5.91 Å². The number of nitrogens with one attached hydrogen (secondary N) is 1. The summed E-state index contributed by atoms with van der Waals surface area (Å²) in [6, 6.07) is 3.58. The van der Waals surface area contributed by atoms with Crippen LogP contribution in [0.15, 0.2) is 18.3 Å². The monoisotopic (exact) mass is 276 g/mol. The van der Waals surface area contributed by atoms with Crippen molar-refractivity contribution in [3.63, 3.8) is 0 Å². The van der Waals surface area contributed by atoms with Crippen LogP contribution in [-0.2, 0) is 6.54 Å². The van der Waals surface area contributed by atoms with Gasteiger partial charge in [0, 0.05) is 19.3 Å². The van der Waals surface area contributed by atoms with Crippen LogP contribution in [0.4, 0.5) is 0 Å². The number of amides is 1. The molecule has 0 atom stereocenters. The van der Waals surface area contributed by atoms with Crippen molar-refractivity contribution in [1.29, 1.82) is 0 Å². The molecule has 1 aliphatic heterocycles. The van der Waals surface area contributed by atoms with Gasteiger partial charge in [-0.1, -0.05) is 13.0 Å². The minimum atomic E-state index is -0.103. The van der Waals surface area contributed by atoms with Crippen LogP contribution in [0.5, 0.6) is 0 Å². The summed E-state index contributed by atoms with van der Waals surface area (Å²) in [5.74, 6) is -0.103. The number of nitrogens with zero attached hydrogens (tertiary/aromatic N) is 2. The second kappa shape index (κ2) is 6.33. The summed E-state index contributed by atoms with van der Waals surface area (Å²) in [4.78, 5) is 18.6. The molecule has 0 aromatic carbocycles. The van der Waals surface area contributed by atoms with Crippen molar-refractivity contribution in [3.8, 4) is 0 Å². The SMILES string of the molecule is CN1CCC(C)(CNC(=O)c2ccc(CN)cn2)CC1. The number of carbonyl (C=O) groups excluding carboxylic acids is 1. The van der Waals surface area contributed by atoms with Gasteiger partial charge in [0.1, 0.15) is 5.69 Å². The first-order valence-corrected chi connectivity index (χ1v) is 7.14. The number of rotatable bonds is 4. The molecule has 0 unspecified atom stereocenters. The highest BCUT2D eigenvalue weighted by Gasteiger charge is 2.29. The number of hydrogen-bond donors (Lipinski definition) is 2. The molecule has 3 N–H and O–H groups in total. The van der Waals surface area contributed by atoms with Crippen LogP contribution >= 0.6 is 0 Å². The van der Waals surface area contributed by atoms with E-state index in [4.69, 9.17) is 5.73 Å². The molecule has 0 saturated carbocycles. The van der Waals surface area contributed by atoms with Crippen molar-refractivity contribution in [2.45, 2.75) is 26.3 Å². The summed E-state index contributed by atoms with van der Waals surface area (Å²) >= 11 is 0. The summed E-state index contributed by atoms with van der Waals surface area (Å²) in [7, 11) is 2.14. The van der Waals surface area contributed by atoms with E-state index in [-0.39, 0.29) is 11.3 Å². The number of pyridine rings is 1. The summed E-state index contributed by atoms with van der Waals surface area (Å²) in [6.45, 7) is 5.58. The molecule has 0 spiro atoms. The van der Waals surface area contributed by atoms with Crippen molar-refractivity contribution in [2.24, 2.45) is 11.1 Å². The molecule has 0 aliphatic carbocycles. The normalized spacial score (nSPS) is 18.8. The molecule has 110 valence electrons. The third kappa shape index (κ3) is 3.77. The van der Waals surface area contributed by atoms with Crippen LogP contribution in [0.25, 0.3) is 0 Å². The predicted octanol–water partition coefficient (Wildman–Crippen LogP) is 1.00. The Morgan fingerprint density at radius 3 is 2.70 bits per heavy atom. The fourth-order valence-electron chi connectivity index (χ4n) is 2.40. The van der Waals surface area contributed by atoms with E-state index in [9.17, 15) is 4.79 Å². The fraction of sp³-hybridized carbons (Fsp3) is 0.600. The summed E-state index contributed by atoms with van der Waals surface area (Å²) in [5, 5.41) is 3.01. The van der Waals surface area contributed by atoms with Gasteiger partial charge in [-0.3, -0.25) is 9.78 Å². The number of piperidine rings is 1. The molecule has 2 heterocycles. The minimum Gasteiger partial charge on any atom is -0.350 e. The number of aromatic nitrogens is 1. The van der Waals surface area contributed by atoms with E-state index in [0.29, 0.717) is 18.8 Å². The maximum Gasteiger partial charge on any atom is 0.269 e. The highest BCUT2D eigenvalue weighted by molar-refractivity contribution is 5.92. The first-order chi connectivity index (χ1) is 9.52. The molecule has 2 rings (SSSR count). The Morgan fingerprint density at radius 2 is 2.15 bits per heavy atom. The van der Waals surface area contributed by atoms with Crippen molar-refractivity contribution in [3.05, 3.63) is 29.6 Å². The zero-order chi connectivity index (χ0) is 14.6. The van der Waals surface area contributed by atoms with Gasteiger partial charge in [0.2, 0.25) is 0 Å². The molecule has 1 amide bonds. The van der Waals surface area contributed by atoms with Crippen LogP contribution in [-0.4, -0.2) is 42.5 Å². The third-order valence-corrected chi connectivity index (χ3v) is 4.16. The van der Waals surface area contributed by atoms with E-state index in [1.54, 1.807) is 12.3 Å². The van der Waals surface area contributed by atoms with E-state index in [1.807, 2.05) is 6.07 Å². The van der Waals surface area contributed by atoms with Crippen molar-refractivity contribution < 1.29 is 4.79 Å². The zero-order valence-electron chi connectivity index (χ0n) is 12.4. The lowest BCUT2D eigenvalue weighted by molar-refractivity contribution is 0.0887. The summed E-state index contributed by atoms with van der Waals surface area (Å²) < 4.78 is 0. The van der Waals surface area contributed by atoms with Gasteiger partial charge >= 0.3 is 0 Å². The van der Waals surface area contributed by atoms with Crippen LogP contribution < -0.4 is 11.1 Å². The molecule has 1 fully saturated rings. The molecule has 5 nitrogen and oxygen atoms in total. The van der Waals surface area contributed by atoms with Crippen molar-refractivity contribution >= 4 is 5.91 Å². The zero-order valence-corrected chi connectivity index (χ0v) is 12.4. The Kier molecular flexibility index (Phi) is 4.73. The van der Waals surface area contributed by atoms with Crippen LogP contribution in [0.2, 0.25) is 0 Å². The van der Waals surface area contributed by atoms with Crippen molar-refractivity contribution in [2.75, 3.05) is 26.7 Å². The van der Waals surface area contributed by atoms with Crippen LogP contribution in [0.1, 0.15) is 35.8 Å². The Bertz CT molecular complexity index is 449. The molecule has 1 aliphatic rings. The van der Waals surface area contributed by atoms with Gasteiger partial charge in [0.15, 0.2) is 0 Å². The molecule has 20 heavy (non-hydrogen) atoms. The van der Waals surface area contributed by atoms with Gasteiger partial charge in [-0.2, -0.15) is 0 Å². The van der Waals surface area contributed by atoms with Gasteiger partial charge in [-0.15, -0.1) is 0 Å². The van der Waals surface area contributed by atoms with Gasteiger partial charge < -0.3 is 16.0 Å². The van der Waals surface area contributed by atoms with Gasteiger partial charge in [-0.25, -0.2) is 0 Å².